The number of nitrogens with zero attached hydrogens (tertiary/aromatic N) is 1. The summed E-state index contributed by atoms with van der Waals surface area (Å²) in [6.07, 6.45) is 3.55. The van der Waals surface area contributed by atoms with Crippen LogP contribution in [0.15, 0.2) is 24.3 Å². The van der Waals surface area contributed by atoms with Crippen LogP contribution in [-0.4, -0.2) is 30.1 Å². The second-order valence-corrected chi connectivity index (χ2v) is 6.33. The minimum absolute atomic E-state index is 0.0447. The fraction of sp³-hybridized carbons (Fsp3) is 0.647. The monoisotopic (exact) mass is 291 g/mol. The molecule has 2 rings (SSSR count). The Morgan fingerprint density at radius 1 is 1.29 bits per heavy atom. The zero-order valence-corrected chi connectivity index (χ0v) is 13.6. The highest BCUT2D eigenvalue weighted by atomic mass is 16.5. The van der Waals surface area contributed by atoms with E-state index in [4.69, 9.17) is 10.6 Å². The largest absolute Gasteiger partial charge is 0.493 e. The minimum Gasteiger partial charge on any atom is -0.493 e. The van der Waals surface area contributed by atoms with Crippen molar-refractivity contribution in [3.63, 3.8) is 0 Å². The molecule has 4 heteroatoms. The van der Waals surface area contributed by atoms with E-state index in [0.29, 0.717) is 0 Å². The maximum atomic E-state index is 5.92. The molecule has 1 heterocycles. The summed E-state index contributed by atoms with van der Waals surface area (Å²) in [4.78, 5) is 2.52. The molecule has 0 aliphatic carbocycles. The Hall–Kier alpha value is -1.10. The van der Waals surface area contributed by atoms with Crippen LogP contribution in [0.5, 0.6) is 5.75 Å². The summed E-state index contributed by atoms with van der Waals surface area (Å²) in [5.41, 5.74) is 4.13. The van der Waals surface area contributed by atoms with Gasteiger partial charge in [-0.05, 0) is 52.3 Å². The number of hydrazine groups is 1. The summed E-state index contributed by atoms with van der Waals surface area (Å²) in [5, 5.41) is 0. The Morgan fingerprint density at radius 3 is 2.57 bits per heavy atom. The van der Waals surface area contributed by atoms with Crippen molar-refractivity contribution in [3.8, 4) is 5.75 Å². The van der Waals surface area contributed by atoms with E-state index in [1.807, 2.05) is 12.1 Å². The fourth-order valence-corrected chi connectivity index (χ4v) is 3.21. The molecule has 1 aromatic carbocycles. The van der Waals surface area contributed by atoms with E-state index in [1.54, 1.807) is 0 Å². The second kappa shape index (κ2) is 7.25. The molecular weight excluding hydrogens is 262 g/mol. The molecule has 0 amide bonds. The molecule has 1 unspecified atom stereocenters. The highest BCUT2D eigenvalue weighted by Crippen LogP contribution is 2.37. The first-order chi connectivity index (χ1) is 10.1. The molecule has 1 atom stereocenters. The van der Waals surface area contributed by atoms with Gasteiger partial charge in [-0.1, -0.05) is 25.1 Å². The SMILES string of the molecule is CCCOc1ccccc1C(NN)C(C)(C)N1CCCC1. The van der Waals surface area contributed by atoms with Gasteiger partial charge in [-0.15, -0.1) is 0 Å². The van der Waals surface area contributed by atoms with Crippen molar-refractivity contribution in [2.45, 2.75) is 51.6 Å². The van der Waals surface area contributed by atoms with Crippen LogP contribution in [0.3, 0.4) is 0 Å². The third kappa shape index (κ3) is 3.57. The summed E-state index contributed by atoms with van der Waals surface area (Å²) in [6.45, 7) is 9.67. The molecule has 21 heavy (non-hydrogen) atoms. The quantitative estimate of drug-likeness (QED) is 0.599. The van der Waals surface area contributed by atoms with E-state index in [-0.39, 0.29) is 11.6 Å². The summed E-state index contributed by atoms with van der Waals surface area (Å²) in [6, 6.07) is 8.27. The fourth-order valence-electron chi connectivity index (χ4n) is 3.21. The Labute approximate surface area is 128 Å². The highest BCUT2D eigenvalue weighted by molar-refractivity contribution is 5.37. The number of hydrogen-bond acceptors (Lipinski definition) is 4. The van der Waals surface area contributed by atoms with Crippen LogP contribution >= 0.6 is 0 Å². The van der Waals surface area contributed by atoms with Crippen LogP contribution in [0.25, 0.3) is 0 Å². The van der Waals surface area contributed by atoms with Gasteiger partial charge in [0.2, 0.25) is 0 Å². The van der Waals surface area contributed by atoms with Gasteiger partial charge in [0.25, 0.3) is 0 Å². The van der Waals surface area contributed by atoms with E-state index in [9.17, 15) is 0 Å². The van der Waals surface area contributed by atoms with Crippen LogP contribution in [0, 0.1) is 0 Å². The molecule has 1 aromatic rings. The molecule has 0 radical (unpaired) electrons. The summed E-state index contributed by atoms with van der Waals surface area (Å²) in [5.74, 6) is 6.86. The van der Waals surface area contributed by atoms with E-state index < -0.39 is 0 Å². The predicted octanol–water partition coefficient (Wildman–Crippen LogP) is 2.85. The number of nitrogens with one attached hydrogen (secondary N) is 1. The van der Waals surface area contributed by atoms with Crippen molar-refractivity contribution in [2.75, 3.05) is 19.7 Å². The zero-order chi connectivity index (χ0) is 15.3. The number of hydrogen-bond donors (Lipinski definition) is 2. The number of rotatable bonds is 7. The number of ether oxygens (including phenoxy) is 1. The minimum atomic E-state index is -0.0447. The lowest BCUT2D eigenvalue weighted by atomic mass is 9.87. The Bertz CT molecular complexity index is 441. The van der Waals surface area contributed by atoms with Crippen LogP contribution in [0.4, 0.5) is 0 Å². The summed E-state index contributed by atoms with van der Waals surface area (Å²) >= 11 is 0. The lowest BCUT2D eigenvalue weighted by molar-refractivity contribution is 0.105. The Balaban J connectivity index is 2.27. The van der Waals surface area contributed by atoms with Gasteiger partial charge in [-0.2, -0.15) is 0 Å². The normalized spacial score (nSPS) is 17.9. The highest BCUT2D eigenvalue weighted by Gasteiger charge is 2.38. The third-order valence-electron chi connectivity index (χ3n) is 4.49. The smallest absolute Gasteiger partial charge is 0.124 e. The predicted molar refractivity (Wildman–Crippen MR) is 87.2 cm³/mol. The first-order valence-corrected chi connectivity index (χ1v) is 8.04. The van der Waals surface area contributed by atoms with Crippen molar-refractivity contribution < 1.29 is 4.74 Å². The third-order valence-corrected chi connectivity index (χ3v) is 4.49. The van der Waals surface area contributed by atoms with Crippen molar-refractivity contribution in [2.24, 2.45) is 5.84 Å². The molecule has 1 fully saturated rings. The molecule has 3 N–H and O–H groups in total. The first-order valence-electron chi connectivity index (χ1n) is 8.04. The van der Waals surface area contributed by atoms with Gasteiger partial charge in [-0.25, -0.2) is 0 Å². The van der Waals surface area contributed by atoms with Crippen molar-refractivity contribution in [3.05, 3.63) is 29.8 Å². The van der Waals surface area contributed by atoms with E-state index in [0.717, 1.165) is 37.4 Å². The summed E-state index contributed by atoms with van der Waals surface area (Å²) < 4.78 is 5.91. The molecule has 1 saturated heterocycles. The maximum Gasteiger partial charge on any atom is 0.124 e. The molecule has 0 spiro atoms. The van der Waals surface area contributed by atoms with Gasteiger partial charge >= 0.3 is 0 Å². The van der Waals surface area contributed by atoms with Gasteiger partial charge in [0.1, 0.15) is 5.75 Å². The lowest BCUT2D eigenvalue weighted by Gasteiger charge is -2.42. The van der Waals surface area contributed by atoms with Gasteiger partial charge in [-0.3, -0.25) is 16.2 Å². The molecule has 0 saturated carbocycles. The molecule has 1 aliphatic rings. The number of likely N-dealkylation sites (tertiary alicyclic amines) is 1. The van der Waals surface area contributed by atoms with E-state index in [1.165, 1.54) is 12.8 Å². The average Bonchev–Trinajstić information content (AvgIpc) is 3.02. The molecule has 0 aromatic heterocycles. The molecule has 118 valence electrons. The standard InChI is InChI=1S/C17H29N3O/c1-4-13-21-15-10-6-5-9-14(15)16(19-18)17(2,3)20-11-7-8-12-20/h5-6,9-10,16,19H,4,7-8,11-13,18H2,1-3H3. The van der Waals surface area contributed by atoms with E-state index >= 15 is 0 Å². The lowest BCUT2D eigenvalue weighted by Crippen LogP contribution is -2.53. The van der Waals surface area contributed by atoms with Gasteiger partial charge in [0.05, 0.1) is 12.6 Å². The van der Waals surface area contributed by atoms with Crippen molar-refractivity contribution in [1.29, 1.82) is 0 Å². The molecule has 0 bridgehead atoms. The molecular formula is C17H29N3O. The Kier molecular flexibility index (Phi) is 5.62. The maximum absolute atomic E-state index is 5.92. The van der Waals surface area contributed by atoms with Crippen LogP contribution < -0.4 is 16.0 Å². The van der Waals surface area contributed by atoms with Crippen LogP contribution in [0.2, 0.25) is 0 Å². The van der Waals surface area contributed by atoms with Gasteiger partial charge in [0, 0.05) is 11.1 Å². The van der Waals surface area contributed by atoms with Gasteiger partial charge < -0.3 is 4.74 Å². The van der Waals surface area contributed by atoms with Crippen molar-refractivity contribution >= 4 is 0 Å². The topological polar surface area (TPSA) is 50.5 Å². The second-order valence-electron chi connectivity index (χ2n) is 6.33. The number of para-hydroxylation sites is 1. The number of nitrogens with two attached hydrogens (primary N) is 1. The van der Waals surface area contributed by atoms with Gasteiger partial charge in [0.15, 0.2) is 0 Å². The van der Waals surface area contributed by atoms with Crippen LogP contribution in [0.1, 0.15) is 51.6 Å². The number of benzene rings is 1. The molecule has 1 aliphatic heterocycles. The van der Waals surface area contributed by atoms with Crippen molar-refractivity contribution in [1.82, 2.24) is 10.3 Å². The van der Waals surface area contributed by atoms with E-state index in [2.05, 4.69) is 43.2 Å². The first kappa shape index (κ1) is 16.3. The zero-order valence-electron chi connectivity index (χ0n) is 13.6. The summed E-state index contributed by atoms with van der Waals surface area (Å²) in [7, 11) is 0. The van der Waals surface area contributed by atoms with Crippen LogP contribution in [-0.2, 0) is 0 Å². The molecule has 4 nitrogen and oxygen atoms in total. The average molecular weight is 291 g/mol. The Morgan fingerprint density at radius 2 is 1.95 bits per heavy atom.